The molecule has 0 aliphatic heterocycles. The minimum absolute atomic E-state index is 0.178. The maximum absolute atomic E-state index is 8.66. The molecule has 2 N–H and O–H groups in total. The number of aromatic nitrogens is 1. The second kappa shape index (κ2) is 5.47. The van der Waals surface area contributed by atoms with Gasteiger partial charge in [-0.2, -0.15) is 10.5 Å². The van der Waals surface area contributed by atoms with Crippen LogP contribution in [0.25, 0.3) is 0 Å². The van der Waals surface area contributed by atoms with E-state index in [9.17, 15) is 0 Å². The van der Waals surface area contributed by atoms with Crippen LogP contribution in [0, 0.1) is 22.7 Å². The van der Waals surface area contributed by atoms with Crippen LogP contribution in [0.5, 0.6) is 0 Å². The van der Waals surface area contributed by atoms with Crippen LogP contribution < -0.4 is 5.73 Å². The average molecular weight is 272 g/mol. The zero-order valence-electron chi connectivity index (χ0n) is 7.61. The van der Waals surface area contributed by atoms with Crippen molar-refractivity contribution in [1.29, 1.82) is 10.5 Å². The number of thiazole rings is 1. The molecule has 1 aromatic rings. The van der Waals surface area contributed by atoms with Gasteiger partial charge in [0, 0.05) is 6.21 Å². The number of halogens is 2. The lowest BCUT2D eigenvalue weighted by Crippen LogP contribution is -1.97. The van der Waals surface area contributed by atoms with Gasteiger partial charge in [0.1, 0.15) is 17.8 Å². The molecule has 0 aliphatic carbocycles. The summed E-state index contributed by atoms with van der Waals surface area (Å²) in [7, 11) is 0. The lowest BCUT2D eigenvalue weighted by molar-refractivity contribution is 1.27. The molecule has 1 aromatic heterocycles. The van der Waals surface area contributed by atoms with Gasteiger partial charge in [-0.25, -0.2) is 9.98 Å². The summed E-state index contributed by atoms with van der Waals surface area (Å²) in [6, 6.07) is 3.31. The number of hydrogen-bond donors (Lipinski definition) is 1. The molecule has 0 amide bonds. The predicted octanol–water partition coefficient (Wildman–Crippen LogP) is 2.09. The molecule has 80 valence electrons. The summed E-state index contributed by atoms with van der Waals surface area (Å²) in [5.74, 6) is 0. The van der Waals surface area contributed by atoms with E-state index in [0.29, 0.717) is 4.88 Å². The maximum atomic E-state index is 8.66. The Bertz CT molecular complexity index is 546. The number of nitrogens with zero attached hydrogens (tertiary/aromatic N) is 4. The van der Waals surface area contributed by atoms with Gasteiger partial charge in [0.05, 0.1) is 4.88 Å². The van der Waals surface area contributed by atoms with E-state index in [-0.39, 0.29) is 21.0 Å². The van der Waals surface area contributed by atoms with Crippen LogP contribution in [0.4, 0.5) is 0 Å². The summed E-state index contributed by atoms with van der Waals surface area (Å²) in [5, 5.41) is 17.3. The smallest absolute Gasteiger partial charge is 0.185 e. The second-order valence-corrected chi connectivity index (χ2v) is 4.34. The molecule has 0 unspecified atom stereocenters. The van der Waals surface area contributed by atoms with Gasteiger partial charge in [-0.15, -0.1) is 0 Å². The standard InChI is InChI=1S/C8H3Cl2N5S/c9-7-6(16-8(10)15-7)3-14-5(2-12)4(13)1-11/h3H,13H2/b5-4+,14-3?. The van der Waals surface area contributed by atoms with Crippen LogP contribution in [-0.4, -0.2) is 11.2 Å². The summed E-state index contributed by atoms with van der Waals surface area (Å²) < 4.78 is 0.266. The van der Waals surface area contributed by atoms with Gasteiger partial charge >= 0.3 is 0 Å². The zero-order chi connectivity index (χ0) is 12.1. The number of allylic oxidation sites excluding steroid dienone is 2. The van der Waals surface area contributed by atoms with E-state index >= 15 is 0 Å². The molecule has 0 radical (unpaired) electrons. The summed E-state index contributed by atoms with van der Waals surface area (Å²) in [6.07, 6.45) is 1.29. The monoisotopic (exact) mass is 271 g/mol. The van der Waals surface area contributed by atoms with Gasteiger partial charge in [-0.05, 0) is 0 Å². The molecule has 16 heavy (non-hydrogen) atoms. The topological polar surface area (TPSA) is 98.8 Å². The van der Waals surface area contributed by atoms with Crippen molar-refractivity contribution in [1.82, 2.24) is 4.98 Å². The van der Waals surface area contributed by atoms with Gasteiger partial charge < -0.3 is 5.73 Å². The van der Waals surface area contributed by atoms with E-state index in [1.165, 1.54) is 6.21 Å². The second-order valence-electron chi connectivity index (χ2n) is 2.37. The summed E-state index contributed by atoms with van der Waals surface area (Å²) >= 11 is 12.4. The number of nitrogens with two attached hydrogens (primary N) is 1. The molecule has 0 saturated carbocycles. The molecule has 0 aromatic carbocycles. The van der Waals surface area contributed by atoms with E-state index in [4.69, 9.17) is 39.5 Å². The molecule has 0 spiro atoms. The van der Waals surface area contributed by atoms with Gasteiger partial charge in [0.2, 0.25) is 0 Å². The summed E-state index contributed by atoms with van der Waals surface area (Å²) in [6.45, 7) is 0. The van der Waals surface area contributed by atoms with Gasteiger partial charge in [0.25, 0.3) is 0 Å². The summed E-state index contributed by atoms with van der Waals surface area (Å²) in [5.41, 5.74) is 4.81. The molecule has 5 nitrogen and oxygen atoms in total. The van der Waals surface area contributed by atoms with Gasteiger partial charge in [-0.3, -0.25) is 0 Å². The van der Waals surface area contributed by atoms with Crippen LogP contribution in [0.15, 0.2) is 16.4 Å². The highest BCUT2D eigenvalue weighted by Gasteiger charge is 2.06. The molecule has 8 heteroatoms. The lowest BCUT2D eigenvalue weighted by Gasteiger charge is -1.89. The highest BCUT2D eigenvalue weighted by Crippen LogP contribution is 2.24. The number of rotatable bonds is 2. The Kier molecular flexibility index (Phi) is 4.27. The maximum Gasteiger partial charge on any atom is 0.185 e. The molecule has 0 saturated heterocycles. The Balaban J connectivity index is 3.03. The first-order chi connectivity index (χ1) is 7.58. The Morgan fingerprint density at radius 2 is 2.12 bits per heavy atom. The predicted molar refractivity (Wildman–Crippen MR) is 62.2 cm³/mol. The minimum Gasteiger partial charge on any atom is -0.388 e. The van der Waals surface area contributed by atoms with Crippen molar-refractivity contribution in [2.24, 2.45) is 10.7 Å². The van der Waals surface area contributed by atoms with E-state index in [1.54, 1.807) is 12.1 Å². The van der Waals surface area contributed by atoms with Crippen molar-refractivity contribution < 1.29 is 0 Å². The SMILES string of the molecule is N#C/C(N)=C(/C#N)N=Cc1sc(Cl)nc1Cl. The van der Waals surface area contributed by atoms with Crippen molar-refractivity contribution in [2.75, 3.05) is 0 Å². The fraction of sp³-hybridized carbons (Fsp3) is 0. The highest BCUT2D eigenvalue weighted by molar-refractivity contribution is 7.17. The first-order valence-corrected chi connectivity index (χ1v) is 5.31. The molecular weight excluding hydrogens is 269 g/mol. The Morgan fingerprint density at radius 1 is 1.44 bits per heavy atom. The Hall–Kier alpha value is -1.60. The van der Waals surface area contributed by atoms with Crippen LogP contribution >= 0.6 is 34.5 Å². The quantitative estimate of drug-likeness (QED) is 0.658. The van der Waals surface area contributed by atoms with E-state index in [2.05, 4.69) is 9.98 Å². The Morgan fingerprint density at radius 3 is 2.56 bits per heavy atom. The average Bonchev–Trinajstić information content (AvgIpc) is 2.58. The van der Waals surface area contributed by atoms with E-state index in [1.807, 2.05) is 0 Å². The normalized spacial score (nSPS) is 12.0. The van der Waals surface area contributed by atoms with Gasteiger partial charge in [-0.1, -0.05) is 34.5 Å². The lowest BCUT2D eigenvalue weighted by atomic mass is 10.4. The third-order valence-corrected chi connectivity index (χ3v) is 2.87. The fourth-order valence-corrected chi connectivity index (χ4v) is 1.93. The largest absolute Gasteiger partial charge is 0.388 e. The first kappa shape index (κ1) is 12.5. The minimum atomic E-state index is -0.259. The van der Waals surface area contributed by atoms with E-state index in [0.717, 1.165) is 11.3 Å². The van der Waals surface area contributed by atoms with Gasteiger partial charge in [0.15, 0.2) is 15.3 Å². The number of nitriles is 2. The van der Waals surface area contributed by atoms with Crippen molar-refractivity contribution >= 4 is 40.8 Å². The molecule has 1 heterocycles. The molecule has 0 atom stereocenters. The van der Waals surface area contributed by atoms with Crippen molar-refractivity contribution in [3.8, 4) is 12.1 Å². The number of hydrogen-bond acceptors (Lipinski definition) is 6. The fourth-order valence-electron chi connectivity index (χ4n) is 0.702. The third-order valence-electron chi connectivity index (χ3n) is 1.38. The molecule has 0 aliphatic rings. The third kappa shape index (κ3) is 2.94. The van der Waals surface area contributed by atoms with Crippen LogP contribution in [0.1, 0.15) is 4.88 Å². The van der Waals surface area contributed by atoms with Crippen LogP contribution in [0.3, 0.4) is 0 Å². The van der Waals surface area contributed by atoms with E-state index < -0.39 is 0 Å². The zero-order valence-corrected chi connectivity index (χ0v) is 9.94. The first-order valence-electron chi connectivity index (χ1n) is 3.74. The molecule has 1 rings (SSSR count). The Labute approximate surface area is 105 Å². The molecule has 0 bridgehead atoms. The van der Waals surface area contributed by atoms with Crippen molar-refractivity contribution in [2.45, 2.75) is 0 Å². The molecular formula is C8H3Cl2N5S. The highest BCUT2D eigenvalue weighted by atomic mass is 35.5. The number of aliphatic imine (C=N–C) groups is 1. The van der Waals surface area contributed by atoms with Crippen LogP contribution in [-0.2, 0) is 0 Å². The van der Waals surface area contributed by atoms with Crippen LogP contribution in [0.2, 0.25) is 9.62 Å². The van der Waals surface area contributed by atoms with Crippen molar-refractivity contribution in [3.05, 3.63) is 25.9 Å². The summed E-state index contributed by atoms with van der Waals surface area (Å²) in [4.78, 5) is 7.96. The van der Waals surface area contributed by atoms with Crippen molar-refractivity contribution in [3.63, 3.8) is 0 Å². The molecule has 0 fully saturated rings.